The van der Waals surface area contributed by atoms with Crippen molar-refractivity contribution in [1.82, 2.24) is 0 Å². The summed E-state index contributed by atoms with van der Waals surface area (Å²) in [6, 6.07) is 15.2. The van der Waals surface area contributed by atoms with E-state index in [9.17, 15) is 19.2 Å². The van der Waals surface area contributed by atoms with Crippen molar-refractivity contribution in [3.8, 4) is 0 Å². The Kier molecular flexibility index (Phi) is 7.25. The minimum absolute atomic E-state index is 0.0630. The van der Waals surface area contributed by atoms with Crippen LogP contribution in [0.5, 0.6) is 0 Å². The van der Waals surface area contributed by atoms with Gasteiger partial charge in [0.1, 0.15) is 0 Å². The van der Waals surface area contributed by atoms with Gasteiger partial charge in [0.25, 0.3) is 5.91 Å². The SMILES string of the molecule is CC(=O)c1ccc(NC(=O)CCC(=O)OCC(=O)Nc2ccccc2)cc1. The van der Waals surface area contributed by atoms with Gasteiger partial charge in [0.05, 0.1) is 6.42 Å². The van der Waals surface area contributed by atoms with Gasteiger partial charge in [-0.05, 0) is 43.3 Å². The van der Waals surface area contributed by atoms with E-state index < -0.39 is 18.5 Å². The number of rotatable bonds is 8. The van der Waals surface area contributed by atoms with Crippen molar-refractivity contribution in [3.63, 3.8) is 0 Å². The van der Waals surface area contributed by atoms with Crippen LogP contribution in [0.4, 0.5) is 11.4 Å². The summed E-state index contributed by atoms with van der Waals surface area (Å²) < 4.78 is 4.85. The Morgan fingerprint density at radius 2 is 1.37 bits per heavy atom. The number of esters is 1. The summed E-state index contributed by atoms with van der Waals surface area (Å²) in [5, 5.41) is 5.21. The lowest BCUT2D eigenvalue weighted by atomic mass is 10.1. The van der Waals surface area contributed by atoms with Crippen molar-refractivity contribution in [1.29, 1.82) is 0 Å². The molecule has 2 aromatic carbocycles. The Hall–Kier alpha value is -3.48. The number of carbonyl (C=O) groups is 4. The van der Waals surface area contributed by atoms with Crippen LogP contribution in [0, 0.1) is 0 Å². The number of nitrogens with one attached hydrogen (secondary N) is 2. The molecule has 0 atom stereocenters. The van der Waals surface area contributed by atoms with Crippen molar-refractivity contribution in [2.75, 3.05) is 17.2 Å². The third kappa shape index (κ3) is 7.11. The fourth-order valence-electron chi connectivity index (χ4n) is 2.16. The van der Waals surface area contributed by atoms with E-state index in [1.165, 1.54) is 6.92 Å². The van der Waals surface area contributed by atoms with Gasteiger partial charge in [0, 0.05) is 23.4 Å². The first-order valence-corrected chi connectivity index (χ1v) is 8.35. The maximum absolute atomic E-state index is 11.8. The second-order valence-corrected chi connectivity index (χ2v) is 5.76. The molecule has 0 bridgehead atoms. The molecule has 0 aliphatic carbocycles. The van der Waals surface area contributed by atoms with Gasteiger partial charge >= 0.3 is 5.97 Å². The summed E-state index contributed by atoms with van der Waals surface area (Å²) in [7, 11) is 0. The number of ketones is 1. The van der Waals surface area contributed by atoms with Crippen molar-refractivity contribution in [2.45, 2.75) is 19.8 Å². The summed E-state index contributed by atoms with van der Waals surface area (Å²) in [5.41, 5.74) is 1.68. The Bertz CT molecular complexity index is 816. The van der Waals surface area contributed by atoms with Crippen LogP contribution >= 0.6 is 0 Å². The summed E-state index contributed by atoms with van der Waals surface area (Å²) >= 11 is 0. The molecule has 0 radical (unpaired) electrons. The number of Topliss-reactive ketones (excluding diaryl/α,β-unsaturated/α-hetero) is 1. The molecule has 0 unspecified atom stereocenters. The average molecular weight is 368 g/mol. The van der Waals surface area contributed by atoms with E-state index in [2.05, 4.69) is 10.6 Å². The number of hydrogen-bond donors (Lipinski definition) is 2. The monoisotopic (exact) mass is 368 g/mol. The smallest absolute Gasteiger partial charge is 0.306 e. The standard InChI is InChI=1S/C20H20N2O5/c1-14(23)15-7-9-17(10-8-15)21-18(24)11-12-20(26)27-13-19(25)22-16-5-3-2-4-6-16/h2-10H,11-13H2,1H3,(H,21,24)(H,22,25). The normalized spacial score (nSPS) is 9.96. The summed E-state index contributed by atoms with van der Waals surface area (Å²) in [5.74, 6) is -1.52. The summed E-state index contributed by atoms with van der Waals surface area (Å²) in [6.07, 6.45) is -0.219. The molecule has 2 aromatic rings. The molecular formula is C20H20N2O5. The van der Waals surface area contributed by atoms with Crippen molar-refractivity contribution in [2.24, 2.45) is 0 Å². The van der Waals surface area contributed by atoms with E-state index in [4.69, 9.17) is 4.74 Å². The number of hydrogen-bond acceptors (Lipinski definition) is 5. The molecule has 7 heteroatoms. The van der Waals surface area contributed by atoms with Crippen LogP contribution in [0.1, 0.15) is 30.1 Å². The number of para-hydroxylation sites is 1. The van der Waals surface area contributed by atoms with E-state index in [1.54, 1.807) is 48.5 Å². The van der Waals surface area contributed by atoms with Crippen LogP contribution in [-0.2, 0) is 19.1 Å². The average Bonchev–Trinajstić information content (AvgIpc) is 2.66. The van der Waals surface area contributed by atoms with Crippen molar-refractivity contribution in [3.05, 3.63) is 60.2 Å². The summed E-state index contributed by atoms with van der Waals surface area (Å²) in [6.45, 7) is 1.04. The lowest BCUT2D eigenvalue weighted by Gasteiger charge is -2.07. The van der Waals surface area contributed by atoms with Crippen LogP contribution in [0.3, 0.4) is 0 Å². The Labute approximate surface area is 156 Å². The Morgan fingerprint density at radius 3 is 2.00 bits per heavy atom. The quantitative estimate of drug-likeness (QED) is 0.551. The molecule has 140 valence electrons. The van der Waals surface area contributed by atoms with Gasteiger partial charge in [0.2, 0.25) is 5.91 Å². The first-order chi connectivity index (χ1) is 12.9. The zero-order chi connectivity index (χ0) is 19.6. The molecule has 0 aliphatic heterocycles. The lowest BCUT2D eigenvalue weighted by Crippen LogP contribution is -2.21. The van der Waals surface area contributed by atoms with E-state index >= 15 is 0 Å². The van der Waals surface area contributed by atoms with Gasteiger partial charge in [-0.25, -0.2) is 0 Å². The van der Waals surface area contributed by atoms with Gasteiger partial charge < -0.3 is 15.4 Å². The minimum Gasteiger partial charge on any atom is -0.456 e. The van der Waals surface area contributed by atoms with E-state index in [-0.39, 0.29) is 24.5 Å². The zero-order valence-electron chi connectivity index (χ0n) is 14.9. The molecule has 2 rings (SSSR count). The highest BCUT2D eigenvalue weighted by molar-refractivity contribution is 5.96. The van der Waals surface area contributed by atoms with Crippen LogP contribution in [0.25, 0.3) is 0 Å². The molecule has 27 heavy (non-hydrogen) atoms. The van der Waals surface area contributed by atoms with Crippen LogP contribution in [-0.4, -0.2) is 30.2 Å². The molecule has 2 N–H and O–H groups in total. The Morgan fingerprint density at radius 1 is 0.778 bits per heavy atom. The fraction of sp³-hybridized carbons (Fsp3) is 0.200. The van der Waals surface area contributed by atoms with Gasteiger partial charge in [-0.1, -0.05) is 18.2 Å². The highest BCUT2D eigenvalue weighted by Crippen LogP contribution is 2.11. The Balaban J connectivity index is 1.67. The molecule has 0 saturated heterocycles. The third-order valence-corrected chi connectivity index (χ3v) is 3.55. The van der Waals surface area contributed by atoms with Crippen LogP contribution in [0.2, 0.25) is 0 Å². The largest absolute Gasteiger partial charge is 0.456 e. The van der Waals surface area contributed by atoms with E-state index in [0.717, 1.165) is 0 Å². The molecular weight excluding hydrogens is 348 g/mol. The second kappa shape index (κ2) is 9.86. The van der Waals surface area contributed by atoms with Gasteiger partial charge in [-0.2, -0.15) is 0 Å². The molecule has 0 heterocycles. The highest BCUT2D eigenvalue weighted by atomic mass is 16.5. The molecule has 7 nitrogen and oxygen atoms in total. The molecule has 2 amide bonds. The van der Waals surface area contributed by atoms with Gasteiger partial charge in [-0.15, -0.1) is 0 Å². The molecule has 0 aromatic heterocycles. The first kappa shape index (κ1) is 19.8. The third-order valence-electron chi connectivity index (χ3n) is 3.55. The second-order valence-electron chi connectivity index (χ2n) is 5.76. The predicted molar refractivity (Wildman–Crippen MR) is 100 cm³/mol. The zero-order valence-corrected chi connectivity index (χ0v) is 14.9. The number of benzene rings is 2. The van der Waals surface area contributed by atoms with Crippen molar-refractivity contribution < 1.29 is 23.9 Å². The topological polar surface area (TPSA) is 102 Å². The first-order valence-electron chi connectivity index (χ1n) is 8.35. The predicted octanol–water partition coefficient (Wildman–Crippen LogP) is 2.79. The number of anilines is 2. The number of carbonyl (C=O) groups excluding carboxylic acids is 4. The molecule has 0 fully saturated rings. The van der Waals surface area contributed by atoms with E-state index in [0.29, 0.717) is 16.9 Å². The molecule has 0 saturated carbocycles. The highest BCUT2D eigenvalue weighted by Gasteiger charge is 2.11. The maximum Gasteiger partial charge on any atom is 0.306 e. The minimum atomic E-state index is -0.639. The fourth-order valence-corrected chi connectivity index (χ4v) is 2.16. The number of ether oxygens (including phenoxy) is 1. The van der Waals surface area contributed by atoms with Gasteiger partial charge in [0.15, 0.2) is 12.4 Å². The lowest BCUT2D eigenvalue weighted by molar-refractivity contribution is -0.147. The maximum atomic E-state index is 11.8. The van der Waals surface area contributed by atoms with Gasteiger partial charge in [-0.3, -0.25) is 19.2 Å². The molecule has 0 spiro atoms. The van der Waals surface area contributed by atoms with Crippen LogP contribution < -0.4 is 10.6 Å². The van der Waals surface area contributed by atoms with Crippen molar-refractivity contribution >= 4 is 34.9 Å². The number of amides is 2. The van der Waals surface area contributed by atoms with Crippen LogP contribution in [0.15, 0.2) is 54.6 Å². The molecule has 0 aliphatic rings. The van der Waals surface area contributed by atoms with E-state index in [1.807, 2.05) is 6.07 Å². The summed E-state index contributed by atoms with van der Waals surface area (Å²) in [4.78, 5) is 46.4.